The Morgan fingerprint density at radius 2 is 1.81 bits per heavy atom. The van der Waals surface area contributed by atoms with Crippen molar-refractivity contribution in [3.63, 3.8) is 0 Å². The Hall–Kier alpha value is -4.12. The lowest BCUT2D eigenvalue weighted by molar-refractivity contribution is -0.120. The lowest BCUT2D eigenvalue weighted by atomic mass is 10.0. The molecule has 0 aliphatic heterocycles. The van der Waals surface area contributed by atoms with Gasteiger partial charge < -0.3 is 20.7 Å². The van der Waals surface area contributed by atoms with Crippen LogP contribution in [0, 0.1) is 17.2 Å². The number of carbonyl (C=O) groups excluding carboxylic acids is 2. The molecule has 0 unspecified atom stereocenters. The zero-order valence-electron chi connectivity index (χ0n) is 17.2. The normalized spacial score (nSPS) is 10.6. The molecule has 0 spiro atoms. The van der Waals surface area contributed by atoms with E-state index in [-0.39, 0.29) is 34.3 Å². The summed E-state index contributed by atoms with van der Waals surface area (Å²) in [6.45, 7) is 3.92. The molecule has 1 aromatic heterocycles. The van der Waals surface area contributed by atoms with Gasteiger partial charge in [-0.3, -0.25) is 9.59 Å². The number of rotatable bonds is 7. The molecule has 2 amide bonds. The van der Waals surface area contributed by atoms with Gasteiger partial charge in [0.1, 0.15) is 5.69 Å². The molecule has 3 rings (SSSR count). The van der Waals surface area contributed by atoms with Gasteiger partial charge in [-0.25, -0.2) is 4.79 Å². The largest absolute Gasteiger partial charge is 0.478 e. The molecule has 2 aromatic carbocycles. The average Bonchev–Trinajstić information content (AvgIpc) is 3.20. The smallest absolute Gasteiger partial charge is 0.337 e. The number of carboxylic acid groups (broad SMARTS) is 1. The molecular formula is C23H22N4O4. The number of aromatic carboxylic acids is 1. The number of H-pyrrole nitrogens is 1. The number of amides is 2. The minimum Gasteiger partial charge on any atom is -0.478 e. The van der Waals surface area contributed by atoms with Crippen molar-refractivity contribution in [3.05, 3.63) is 59.3 Å². The summed E-state index contributed by atoms with van der Waals surface area (Å²) in [4.78, 5) is 39.7. The van der Waals surface area contributed by atoms with Crippen molar-refractivity contribution in [2.75, 3.05) is 10.6 Å². The fourth-order valence-corrected chi connectivity index (χ4v) is 3.37. The summed E-state index contributed by atoms with van der Waals surface area (Å²) >= 11 is 0. The second-order valence-corrected chi connectivity index (χ2v) is 7.09. The van der Waals surface area contributed by atoms with Gasteiger partial charge in [0.25, 0.3) is 5.91 Å². The van der Waals surface area contributed by atoms with Crippen LogP contribution in [0.5, 0.6) is 0 Å². The van der Waals surface area contributed by atoms with Gasteiger partial charge in [-0.2, -0.15) is 5.26 Å². The molecule has 4 N–H and O–H groups in total. The molecule has 31 heavy (non-hydrogen) atoms. The SMILES string of the molecule is CCC(CC)C(=O)Nc1cccc2cc(C(=O)Nc3ccc(C#N)cc3C(=O)O)[nH]c12. The second kappa shape index (κ2) is 9.13. The van der Waals surface area contributed by atoms with Crippen molar-refractivity contribution < 1.29 is 19.5 Å². The molecule has 0 aliphatic carbocycles. The first-order chi connectivity index (χ1) is 14.9. The van der Waals surface area contributed by atoms with Crippen LogP contribution in [-0.4, -0.2) is 27.9 Å². The molecule has 0 saturated heterocycles. The number of hydrogen-bond acceptors (Lipinski definition) is 4. The van der Waals surface area contributed by atoms with Gasteiger partial charge in [0, 0.05) is 11.3 Å². The van der Waals surface area contributed by atoms with Crippen molar-refractivity contribution in [3.8, 4) is 6.07 Å². The van der Waals surface area contributed by atoms with Gasteiger partial charge in [0.05, 0.1) is 34.1 Å². The van der Waals surface area contributed by atoms with Crippen LogP contribution in [0.25, 0.3) is 10.9 Å². The monoisotopic (exact) mass is 418 g/mol. The summed E-state index contributed by atoms with van der Waals surface area (Å²) in [5.74, 6) is -1.98. The number of hydrogen-bond donors (Lipinski definition) is 4. The topological polar surface area (TPSA) is 135 Å². The first kappa shape index (κ1) is 21.6. The van der Waals surface area contributed by atoms with Crippen molar-refractivity contribution in [1.82, 2.24) is 4.98 Å². The molecule has 0 radical (unpaired) electrons. The minimum absolute atomic E-state index is 0.0809. The van der Waals surface area contributed by atoms with Crippen LogP contribution < -0.4 is 10.6 Å². The molecule has 0 saturated carbocycles. The van der Waals surface area contributed by atoms with Crippen molar-refractivity contribution in [2.24, 2.45) is 5.92 Å². The Morgan fingerprint density at radius 3 is 2.45 bits per heavy atom. The third-order valence-corrected chi connectivity index (χ3v) is 5.14. The van der Waals surface area contributed by atoms with Gasteiger partial charge in [0.15, 0.2) is 0 Å². The van der Waals surface area contributed by atoms with Crippen LogP contribution >= 0.6 is 0 Å². The number of nitriles is 1. The van der Waals surface area contributed by atoms with Crippen molar-refractivity contribution >= 4 is 40.1 Å². The van der Waals surface area contributed by atoms with Crippen LogP contribution in [0.2, 0.25) is 0 Å². The molecular weight excluding hydrogens is 396 g/mol. The molecule has 0 bridgehead atoms. The van der Waals surface area contributed by atoms with Gasteiger partial charge in [-0.05, 0) is 43.2 Å². The summed E-state index contributed by atoms with van der Waals surface area (Å²) in [5.41, 5.74) is 1.46. The summed E-state index contributed by atoms with van der Waals surface area (Å²) in [7, 11) is 0. The maximum atomic E-state index is 12.8. The van der Waals surface area contributed by atoms with Gasteiger partial charge in [-0.1, -0.05) is 26.0 Å². The van der Waals surface area contributed by atoms with Crippen LogP contribution in [-0.2, 0) is 4.79 Å². The van der Waals surface area contributed by atoms with E-state index in [1.165, 1.54) is 18.2 Å². The molecule has 158 valence electrons. The van der Waals surface area contributed by atoms with Crippen LogP contribution in [0.4, 0.5) is 11.4 Å². The molecule has 0 aliphatic rings. The van der Waals surface area contributed by atoms with E-state index in [1.54, 1.807) is 24.3 Å². The van der Waals surface area contributed by atoms with Crippen molar-refractivity contribution in [1.29, 1.82) is 5.26 Å². The number of anilines is 2. The number of para-hydroxylation sites is 1. The summed E-state index contributed by atoms with van der Waals surface area (Å²) in [6, 6.07) is 12.9. The number of nitrogens with one attached hydrogen (secondary N) is 3. The maximum absolute atomic E-state index is 12.8. The highest BCUT2D eigenvalue weighted by molar-refractivity contribution is 6.10. The van der Waals surface area contributed by atoms with Gasteiger partial charge in [0.2, 0.25) is 5.91 Å². The van der Waals surface area contributed by atoms with E-state index in [4.69, 9.17) is 5.26 Å². The van der Waals surface area contributed by atoms with Crippen LogP contribution in [0.3, 0.4) is 0 Å². The highest BCUT2D eigenvalue weighted by Gasteiger charge is 2.19. The Labute approximate surface area is 178 Å². The molecule has 0 atom stereocenters. The van der Waals surface area contributed by atoms with Gasteiger partial charge >= 0.3 is 5.97 Å². The molecule has 1 heterocycles. The predicted octanol–water partition coefficient (Wildman–Crippen LogP) is 4.36. The average molecular weight is 418 g/mol. The van der Waals surface area contributed by atoms with Crippen LogP contribution in [0.15, 0.2) is 42.5 Å². The highest BCUT2D eigenvalue weighted by atomic mass is 16.4. The van der Waals surface area contributed by atoms with E-state index in [1.807, 2.05) is 19.9 Å². The fourth-order valence-electron chi connectivity index (χ4n) is 3.37. The number of fused-ring (bicyclic) bond motifs is 1. The zero-order chi connectivity index (χ0) is 22.5. The lowest BCUT2D eigenvalue weighted by Crippen LogP contribution is -2.21. The Kier molecular flexibility index (Phi) is 6.36. The third kappa shape index (κ3) is 4.56. The van der Waals surface area contributed by atoms with E-state index < -0.39 is 11.9 Å². The second-order valence-electron chi connectivity index (χ2n) is 7.09. The van der Waals surface area contributed by atoms with E-state index in [0.29, 0.717) is 11.2 Å². The number of carboxylic acids is 1. The Morgan fingerprint density at radius 1 is 1.06 bits per heavy atom. The molecule has 3 aromatic rings. The lowest BCUT2D eigenvalue weighted by Gasteiger charge is -2.13. The number of aromatic nitrogens is 1. The third-order valence-electron chi connectivity index (χ3n) is 5.14. The van der Waals surface area contributed by atoms with E-state index >= 15 is 0 Å². The first-order valence-electron chi connectivity index (χ1n) is 9.89. The maximum Gasteiger partial charge on any atom is 0.337 e. The Balaban J connectivity index is 1.89. The molecule has 8 nitrogen and oxygen atoms in total. The summed E-state index contributed by atoms with van der Waals surface area (Å²) in [6.07, 6.45) is 1.46. The number of carbonyl (C=O) groups is 3. The summed E-state index contributed by atoms with van der Waals surface area (Å²) < 4.78 is 0. The first-order valence-corrected chi connectivity index (χ1v) is 9.89. The number of aromatic amines is 1. The Bertz CT molecular complexity index is 1200. The summed E-state index contributed by atoms with van der Waals surface area (Å²) in [5, 5.41) is 24.6. The van der Waals surface area contributed by atoms with E-state index in [0.717, 1.165) is 18.2 Å². The minimum atomic E-state index is -1.25. The fraction of sp³-hybridized carbons (Fsp3) is 0.217. The molecule has 8 heteroatoms. The van der Waals surface area contributed by atoms with E-state index in [9.17, 15) is 19.5 Å². The van der Waals surface area contributed by atoms with Gasteiger partial charge in [-0.15, -0.1) is 0 Å². The standard InChI is InChI=1S/C23H22N4O4/c1-3-14(4-2)21(28)27-18-7-5-6-15-11-19(25-20(15)18)22(29)26-17-9-8-13(12-24)10-16(17)23(30)31/h5-11,14,25H,3-4H2,1-2H3,(H,26,29)(H,27,28)(H,30,31). The highest BCUT2D eigenvalue weighted by Crippen LogP contribution is 2.26. The molecule has 0 fully saturated rings. The zero-order valence-corrected chi connectivity index (χ0v) is 17.2. The van der Waals surface area contributed by atoms with Crippen molar-refractivity contribution in [2.45, 2.75) is 26.7 Å². The predicted molar refractivity (Wildman–Crippen MR) is 117 cm³/mol. The quantitative estimate of drug-likeness (QED) is 0.452. The number of nitrogens with zero attached hydrogens (tertiary/aromatic N) is 1. The number of benzene rings is 2. The van der Waals surface area contributed by atoms with Crippen LogP contribution in [0.1, 0.15) is 53.1 Å². The van der Waals surface area contributed by atoms with E-state index in [2.05, 4.69) is 15.6 Å².